The number of pyridine rings is 1. The van der Waals surface area contributed by atoms with Gasteiger partial charge in [0, 0.05) is 13.2 Å². The lowest BCUT2D eigenvalue weighted by atomic mass is 10.1. The molecule has 9 heteroatoms. The predicted octanol–water partition coefficient (Wildman–Crippen LogP) is 0.863. The van der Waals surface area contributed by atoms with Gasteiger partial charge in [0.1, 0.15) is 0 Å². The lowest BCUT2D eigenvalue weighted by Crippen LogP contribution is -2.15. The molecule has 8 nitrogen and oxygen atoms in total. The fourth-order valence-corrected chi connectivity index (χ4v) is 1.26. The van der Waals surface area contributed by atoms with Gasteiger partial charge in [-0.05, 0) is 36.4 Å². The van der Waals surface area contributed by atoms with Crippen molar-refractivity contribution in [2.75, 3.05) is 7.11 Å². The summed E-state index contributed by atoms with van der Waals surface area (Å²) < 4.78 is 31.6. The van der Waals surface area contributed by atoms with Crippen LogP contribution in [0.5, 0.6) is 0 Å². The Morgan fingerprint density at radius 1 is 1.18 bits per heavy atom. The van der Waals surface area contributed by atoms with Crippen molar-refractivity contribution in [3.63, 3.8) is 0 Å². The molecule has 0 aromatic carbocycles. The van der Waals surface area contributed by atoms with Gasteiger partial charge in [-0.2, -0.15) is 8.42 Å². The van der Waals surface area contributed by atoms with Crippen LogP contribution in [0.2, 0.25) is 0 Å². The fourth-order valence-electron chi connectivity index (χ4n) is 1.26. The van der Waals surface area contributed by atoms with Crippen LogP contribution >= 0.6 is 0 Å². The number of aryl methyl sites for hydroxylation is 1. The molecule has 0 atom stereocenters. The number of nitrogens with zero attached hydrogens (tertiary/aromatic N) is 3. The Kier molecular flexibility index (Phi) is 6.57. The lowest BCUT2D eigenvalue weighted by Gasteiger charge is -1.98. The molecule has 1 aromatic rings. The van der Waals surface area contributed by atoms with Crippen LogP contribution in [0.4, 0.5) is 0 Å². The second kappa shape index (κ2) is 8.17. The maximum absolute atomic E-state index is 9.33. The standard InChI is InChI=1S/C12H12N4.CH4O4S/c1-16-9-3-2-4-12(16)15-14-11-7-5-10(13)6-8-11;1-5-6(2,3)4/h2-9,13H,1H3;1H3,(H,2,3,4). The summed E-state index contributed by atoms with van der Waals surface area (Å²) in [4.78, 5) is 0. The summed E-state index contributed by atoms with van der Waals surface area (Å²) in [5, 5.41) is 15.6. The van der Waals surface area contributed by atoms with Crippen molar-refractivity contribution in [3.05, 3.63) is 54.2 Å². The highest BCUT2D eigenvalue weighted by molar-refractivity contribution is 7.80. The Bertz CT molecular complexity index is 770. The smallest absolute Gasteiger partial charge is 0.335 e. The summed E-state index contributed by atoms with van der Waals surface area (Å²) in [7, 11) is -1.37. The summed E-state index contributed by atoms with van der Waals surface area (Å²) >= 11 is 0. The van der Waals surface area contributed by atoms with Crippen LogP contribution in [-0.4, -0.2) is 36.1 Å². The Morgan fingerprint density at radius 2 is 1.77 bits per heavy atom. The summed E-state index contributed by atoms with van der Waals surface area (Å²) in [6.45, 7) is 0. The van der Waals surface area contributed by atoms with Crippen LogP contribution in [0, 0.1) is 5.41 Å². The molecular formula is C13H16N4O4S. The average molecular weight is 324 g/mol. The summed E-state index contributed by atoms with van der Waals surface area (Å²) in [5.74, 6) is 0. The molecule has 0 aliphatic heterocycles. The van der Waals surface area contributed by atoms with Gasteiger partial charge in [-0.25, -0.2) is 0 Å². The molecular weight excluding hydrogens is 308 g/mol. The van der Waals surface area contributed by atoms with E-state index in [9.17, 15) is 8.42 Å². The Balaban J connectivity index is 0.000000346. The molecule has 0 amide bonds. The number of nitrogens with one attached hydrogen (secondary N) is 1. The van der Waals surface area contributed by atoms with Gasteiger partial charge in [-0.1, -0.05) is 6.07 Å². The predicted molar refractivity (Wildman–Crippen MR) is 83.0 cm³/mol. The largest absolute Gasteiger partial charge is 0.397 e. The highest BCUT2D eigenvalue weighted by Crippen LogP contribution is 1.95. The van der Waals surface area contributed by atoms with Crippen molar-refractivity contribution in [3.8, 4) is 0 Å². The zero-order valence-electron chi connectivity index (χ0n) is 12.0. The number of allylic oxidation sites excluding steroid dienone is 4. The van der Waals surface area contributed by atoms with Crippen molar-refractivity contribution in [1.82, 2.24) is 4.57 Å². The van der Waals surface area contributed by atoms with Gasteiger partial charge in [0.2, 0.25) is 0 Å². The van der Waals surface area contributed by atoms with Crippen LogP contribution in [0.1, 0.15) is 0 Å². The topological polar surface area (TPSA) is 117 Å². The molecule has 0 bridgehead atoms. The normalized spacial score (nSPS) is 14.6. The quantitative estimate of drug-likeness (QED) is 0.476. The Labute approximate surface area is 128 Å². The molecule has 2 rings (SSSR count). The highest BCUT2D eigenvalue weighted by atomic mass is 32.3. The maximum atomic E-state index is 9.33. The molecule has 2 N–H and O–H groups in total. The third kappa shape index (κ3) is 6.88. The molecule has 1 aliphatic rings. The minimum absolute atomic E-state index is 0.476. The number of rotatable bonds is 2. The molecule has 1 aliphatic carbocycles. The number of hydrogen-bond acceptors (Lipinski definition) is 6. The lowest BCUT2D eigenvalue weighted by molar-refractivity contribution is 0.324. The zero-order chi connectivity index (χ0) is 16.6. The number of hydrogen-bond donors (Lipinski definition) is 2. The van der Waals surface area contributed by atoms with Crippen molar-refractivity contribution in [2.45, 2.75) is 0 Å². The van der Waals surface area contributed by atoms with E-state index in [0.29, 0.717) is 5.71 Å². The van der Waals surface area contributed by atoms with E-state index in [1.807, 2.05) is 36.0 Å². The van der Waals surface area contributed by atoms with E-state index in [1.54, 1.807) is 24.3 Å². The third-order valence-corrected chi connectivity index (χ3v) is 2.79. The summed E-state index contributed by atoms with van der Waals surface area (Å²) in [5.41, 5.74) is 2.02. The van der Waals surface area contributed by atoms with E-state index in [0.717, 1.165) is 18.3 Å². The molecule has 1 heterocycles. The molecule has 0 spiro atoms. The first-order chi connectivity index (χ1) is 10.3. The molecule has 0 unspecified atom stereocenters. The Hall–Kier alpha value is -2.36. The molecule has 0 saturated carbocycles. The molecule has 0 saturated heterocycles. The van der Waals surface area contributed by atoms with E-state index in [2.05, 4.69) is 14.4 Å². The van der Waals surface area contributed by atoms with E-state index >= 15 is 0 Å². The molecule has 22 heavy (non-hydrogen) atoms. The second-order valence-corrected chi connectivity index (χ2v) is 5.20. The average Bonchev–Trinajstić information content (AvgIpc) is 2.48. The van der Waals surface area contributed by atoms with Crippen molar-refractivity contribution < 1.29 is 17.2 Å². The van der Waals surface area contributed by atoms with Gasteiger partial charge in [0.05, 0.1) is 18.5 Å². The molecule has 118 valence electrons. The third-order valence-electron chi connectivity index (χ3n) is 2.37. The van der Waals surface area contributed by atoms with Crippen LogP contribution in [-0.2, 0) is 21.6 Å². The first-order valence-electron chi connectivity index (χ1n) is 6.03. The monoisotopic (exact) mass is 324 g/mol. The minimum Gasteiger partial charge on any atom is -0.335 e. The molecule has 0 radical (unpaired) electrons. The zero-order valence-corrected chi connectivity index (χ0v) is 12.9. The maximum Gasteiger partial charge on any atom is 0.397 e. The molecule has 0 fully saturated rings. The van der Waals surface area contributed by atoms with Crippen molar-refractivity contribution in [1.29, 1.82) is 5.41 Å². The van der Waals surface area contributed by atoms with Gasteiger partial charge in [-0.15, -0.1) is 10.2 Å². The van der Waals surface area contributed by atoms with Crippen molar-refractivity contribution in [2.24, 2.45) is 17.3 Å². The van der Waals surface area contributed by atoms with Gasteiger partial charge < -0.3 is 9.98 Å². The minimum atomic E-state index is -4.16. The van der Waals surface area contributed by atoms with E-state index in [1.165, 1.54) is 0 Å². The Morgan fingerprint density at radius 3 is 2.27 bits per heavy atom. The van der Waals surface area contributed by atoms with E-state index in [4.69, 9.17) is 9.96 Å². The first-order valence-corrected chi connectivity index (χ1v) is 7.39. The van der Waals surface area contributed by atoms with Crippen LogP contribution < -0.4 is 5.49 Å². The van der Waals surface area contributed by atoms with E-state index < -0.39 is 10.4 Å². The SMILES string of the molecule is COS(=O)(=O)O.Cn1ccccc1=NN=C1C=CC(=N)C=C1. The molecule has 1 aromatic heterocycles. The van der Waals surface area contributed by atoms with Crippen LogP contribution in [0.15, 0.2) is 58.9 Å². The van der Waals surface area contributed by atoms with Gasteiger partial charge in [0.15, 0.2) is 5.49 Å². The first kappa shape index (κ1) is 17.7. The fraction of sp³-hybridized carbons (Fsp3) is 0.154. The van der Waals surface area contributed by atoms with Crippen LogP contribution in [0.3, 0.4) is 0 Å². The second-order valence-electron chi connectivity index (χ2n) is 4.01. The van der Waals surface area contributed by atoms with Crippen LogP contribution in [0.25, 0.3) is 0 Å². The summed E-state index contributed by atoms with van der Waals surface area (Å²) in [6, 6.07) is 5.75. The van der Waals surface area contributed by atoms with E-state index in [-0.39, 0.29) is 0 Å². The van der Waals surface area contributed by atoms with Gasteiger partial charge >= 0.3 is 10.4 Å². The number of aromatic nitrogens is 1. The summed E-state index contributed by atoms with van der Waals surface area (Å²) in [6.07, 6.45) is 8.85. The van der Waals surface area contributed by atoms with Gasteiger partial charge in [-0.3, -0.25) is 8.74 Å². The van der Waals surface area contributed by atoms with Crippen molar-refractivity contribution >= 4 is 21.8 Å². The van der Waals surface area contributed by atoms with Gasteiger partial charge in [0.25, 0.3) is 0 Å². The highest BCUT2D eigenvalue weighted by Gasteiger charge is 1.95.